The number of aromatic amines is 1. The Morgan fingerprint density at radius 3 is 2.67 bits per heavy atom. The molecule has 2 heterocycles. The van der Waals surface area contributed by atoms with Crippen LogP contribution < -0.4 is 4.74 Å². The highest BCUT2D eigenvalue weighted by molar-refractivity contribution is 7.10. The number of nitrogens with zero attached hydrogens (tertiary/aromatic N) is 2. The number of rotatable bonds is 7. The normalized spacial score (nSPS) is 10.5. The lowest BCUT2D eigenvalue weighted by molar-refractivity contribution is -0.114. The predicted molar refractivity (Wildman–Crippen MR) is 89.5 cm³/mol. The average Bonchev–Trinajstić information content (AvgIpc) is 3.27. The van der Waals surface area contributed by atoms with Crippen LogP contribution in [0.25, 0.3) is 0 Å². The Balaban J connectivity index is 1.70. The summed E-state index contributed by atoms with van der Waals surface area (Å²) in [4.78, 5) is 28.9. The molecule has 3 rings (SSSR count). The maximum Gasteiger partial charge on any atom is 0.267 e. The number of ether oxygens (including phenoxy) is 1. The van der Waals surface area contributed by atoms with Gasteiger partial charge in [-0.15, -0.1) is 16.4 Å². The number of nitrogens with one attached hydrogen (secondary N) is 1. The third-order valence-corrected chi connectivity index (χ3v) is 4.55. The highest BCUT2D eigenvalue weighted by atomic mass is 32.1. The van der Waals surface area contributed by atoms with Crippen molar-refractivity contribution in [2.45, 2.75) is 12.8 Å². The number of hydrogen-bond acceptors (Lipinski definition) is 6. The molecule has 24 heavy (non-hydrogen) atoms. The number of benzene rings is 1. The number of H-pyrrole nitrogens is 1. The summed E-state index contributed by atoms with van der Waals surface area (Å²) >= 11 is 1.57. The summed E-state index contributed by atoms with van der Waals surface area (Å²) in [5, 5.41) is 8.02. The number of carbonyl (C=O) groups is 2. The van der Waals surface area contributed by atoms with Gasteiger partial charge in [0, 0.05) is 17.7 Å². The van der Waals surface area contributed by atoms with E-state index in [0.29, 0.717) is 6.42 Å². The molecule has 0 saturated carbocycles. The Bertz CT molecular complexity index is 838. The summed E-state index contributed by atoms with van der Waals surface area (Å²) in [6, 6.07) is 9.67. The van der Waals surface area contributed by atoms with E-state index in [9.17, 15) is 9.59 Å². The third-order valence-electron chi connectivity index (χ3n) is 3.58. The third kappa shape index (κ3) is 3.57. The quantitative estimate of drug-likeness (QED) is 0.527. The standard InChI is InChI=1S/C17H15N3O3S/c1-23-13-4-2-11(3-5-13)8-15-12(6-7-24-15)9-14(21)16(22)17-18-10-19-20-17/h2-7,10H,8-9H2,1H3,(H,18,19,20). The van der Waals surface area contributed by atoms with Gasteiger partial charge in [0.15, 0.2) is 0 Å². The summed E-state index contributed by atoms with van der Waals surface area (Å²) < 4.78 is 5.15. The van der Waals surface area contributed by atoms with Crippen LogP contribution >= 0.6 is 11.3 Å². The van der Waals surface area contributed by atoms with Crippen LogP contribution in [0.5, 0.6) is 5.75 Å². The van der Waals surface area contributed by atoms with Crippen molar-refractivity contribution in [1.29, 1.82) is 0 Å². The zero-order chi connectivity index (χ0) is 16.9. The lowest BCUT2D eigenvalue weighted by atomic mass is 10.0. The van der Waals surface area contributed by atoms with Gasteiger partial charge in [-0.3, -0.25) is 14.7 Å². The minimum atomic E-state index is -0.669. The van der Waals surface area contributed by atoms with Crippen LogP contribution in [-0.2, 0) is 17.6 Å². The molecule has 0 radical (unpaired) electrons. The Kier molecular flexibility index (Phi) is 4.81. The lowest BCUT2D eigenvalue weighted by Gasteiger charge is -2.05. The Hall–Kier alpha value is -2.80. The van der Waals surface area contributed by atoms with Crippen molar-refractivity contribution >= 4 is 22.9 Å². The minimum absolute atomic E-state index is 0.0579. The Morgan fingerprint density at radius 1 is 1.21 bits per heavy atom. The van der Waals surface area contributed by atoms with E-state index in [1.165, 1.54) is 6.33 Å². The molecule has 0 bridgehead atoms. The molecule has 1 N–H and O–H groups in total. The van der Waals surface area contributed by atoms with Crippen molar-refractivity contribution < 1.29 is 14.3 Å². The van der Waals surface area contributed by atoms with Gasteiger partial charge in [-0.05, 0) is 34.7 Å². The molecule has 6 nitrogen and oxygen atoms in total. The number of methoxy groups -OCH3 is 1. The fraction of sp³-hybridized carbons (Fsp3) is 0.176. The van der Waals surface area contributed by atoms with Gasteiger partial charge in [-0.2, -0.15) is 0 Å². The highest BCUT2D eigenvalue weighted by Gasteiger charge is 2.21. The van der Waals surface area contributed by atoms with Crippen LogP contribution in [0.15, 0.2) is 42.0 Å². The maximum atomic E-state index is 12.1. The van der Waals surface area contributed by atoms with Crippen molar-refractivity contribution in [3.8, 4) is 5.75 Å². The smallest absolute Gasteiger partial charge is 0.267 e. The van der Waals surface area contributed by atoms with Crippen LogP contribution in [0.2, 0.25) is 0 Å². The molecule has 3 aromatic rings. The first-order valence-corrected chi connectivity index (χ1v) is 8.17. The number of Topliss-reactive ketones (excluding diaryl/α,β-unsaturated/α-hetero) is 2. The van der Waals surface area contributed by atoms with Crippen molar-refractivity contribution in [3.63, 3.8) is 0 Å². The lowest BCUT2D eigenvalue weighted by Crippen LogP contribution is -2.18. The molecule has 0 atom stereocenters. The molecule has 122 valence electrons. The topological polar surface area (TPSA) is 84.9 Å². The van der Waals surface area contributed by atoms with Gasteiger partial charge in [0.05, 0.1) is 7.11 Å². The van der Waals surface area contributed by atoms with E-state index in [2.05, 4.69) is 15.2 Å². The second-order valence-electron chi connectivity index (χ2n) is 5.15. The molecule has 0 amide bonds. The Labute approximate surface area is 142 Å². The van der Waals surface area contributed by atoms with E-state index < -0.39 is 11.6 Å². The molecular formula is C17H15N3O3S. The fourth-order valence-corrected chi connectivity index (χ4v) is 3.24. The van der Waals surface area contributed by atoms with E-state index in [1.807, 2.05) is 35.7 Å². The van der Waals surface area contributed by atoms with Gasteiger partial charge < -0.3 is 4.74 Å². The molecule has 2 aromatic heterocycles. The van der Waals surface area contributed by atoms with Gasteiger partial charge >= 0.3 is 0 Å². The van der Waals surface area contributed by atoms with Gasteiger partial charge in [0.1, 0.15) is 12.1 Å². The van der Waals surface area contributed by atoms with Crippen molar-refractivity contribution in [2.75, 3.05) is 7.11 Å². The summed E-state index contributed by atoms with van der Waals surface area (Å²) in [6.07, 6.45) is 2.04. The van der Waals surface area contributed by atoms with Crippen LogP contribution in [-0.4, -0.2) is 33.9 Å². The van der Waals surface area contributed by atoms with E-state index >= 15 is 0 Å². The number of hydrogen-bond donors (Lipinski definition) is 1. The maximum absolute atomic E-state index is 12.1. The van der Waals surface area contributed by atoms with Crippen molar-refractivity contribution in [3.05, 3.63) is 63.9 Å². The van der Waals surface area contributed by atoms with Crippen LogP contribution in [0, 0.1) is 0 Å². The molecule has 7 heteroatoms. The van der Waals surface area contributed by atoms with E-state index in [0.717, 1.165) is 21.8 Å². The van der Waals surface area contributed by atoms with E-state index in [1.54, 1.807) is 18.4 Å². The summed E-state index contributed by atoms with van der Waals surface area (Å²) in [6.45, 7) is 0. The number of carbonyl (C=O) groups excluding carboxylic acids is 2. The zero-order valence-corrected chi connectivity index (χ0v) is 13.8. The second-order valence-corrected chi connectivity index (χ2v) is 6.15. The monoisotopic (exact) mass is 341 g/mol. The van der Waals surface area contributed by atoms with Crippen LogP contribution in [0.3, 0.4) is 0 Å². The average molecular weight is 341 g/mol. The minimum Gasteiger partial charge on any atom is -0.497 e. The van der Waals surface area contributed by atoms with Crippen LogP contribution in [0.1, 0.15) is 26.6 Å². The molecular weight excluding hydrogens is 326 g/mol. The van der Waals surface area contributed by atoms with Gasteiger partial charge in [-0.1, -0.05) is 12.1 Å². The van der Waals surface area contributed by atoms with Gasteiger partial charge in [0.25, 0.3) is 5.78 Å². The van der Waals surface area contributed by atoms with Crippen LogP contribution in [0.4, 0.5) is 0 Å². The molecule has 0 aliphatic rings. The number of aromatic nitrogens is 3. The Morgan fingerprint density at radius 2 is 2.00 bits per heavy atom. The number of ketones is 2. The zero-order valence-electron chi connectivity index (χ0n) is 13.0. The molecule has 0 aliphatic carbocycles. The highest BCUT2D eigenvalue weighted by Crippen LogP contribution is 2.23. The fourth-order valence-electron chi connectivity index (χ4n) is 2.30. The summed E-state index contributed by atoms with van der Waals surface area (Å²) in [7, 11) is 1.63. The molecule has 0 aliphatic heterocycles. The first-order valence-electron chi connectivity index (χ1n) is 7.29. The summed E-state index contributed by atoms with van der Waals surface area (Å²) in [5.74, 6) is -0.466. The van der Waals surface area contributed by atoms with E-state index in [-0.39, 0.29) is 12.2 Å². The van der Waals surface area contributed by atoms with Gasteiger partial charge in [-0.25, -0.2) is 4.98 Å². The number of thiophene rings is 1. The molecule has 0 fully saturated rings. The molecule has 0 saturated heterocycles. The first kappa shape index (κ1) is 16.1. The van der Waals surface area contributed by atoms with Crippen molar-refractivity contribution in [2.24, 2.45) is 0 Å². The molecule has 1 aromatic carbocycles. The first-order chi connectivity index (χ1) is 11.7. The van der Waals surface area contributed by atoms with E-state index in [4.69, 9.17) is 4.74 Å². The largest absolute Gasteiger partial charge is 0.497 e. The predicted octanol–water partition coefficient (Wildman–Crippen LogP) is 2.46. The van der Waals surface area contributed by atoms with Crippen molar-refractivity contribution in [1.82, 2.24) is 15.2 Å². The molecule has 0 spiro atoms. The van der Waals surface area contributed by atoms with Gasteiger partial charge in [0.2, 0.25) is 11.6 Å². The summed E-state index contributed by atoms with van der Waals surface area (Å²) in [5.41, 5.74) is 1.98. The second kappa shape index (κ2) is 7.18. The SMILES string of the molecule is COc1ccc(Cc2sccc2CC(=O)C(=O)c2nc[nH]n2)cc1. The molecule has 0 unspecified atom stereocenters.